The fraction of sp³-hybridized carbons (Fsp3) is 0.433. The minimum Gasteiger partial charge on any atom is -0.504 e. The molecule has 1 amide bonds. The zero-order chi connectivity index (χ0) is 28.5. The standard InChI is InChI=1S/C30H38N4O6/c1-20-29(36)28(30(37)31-13-16-40-38)33-27(32-20)18-22-11-14-34(15-12-22)25-9-7-24(8-10-25)23-5-3-21(4-6-23)17-26(35)19-39-2/h3-10,22,26,35-36,38H,11-19H2,1-2H3,(H,31,37). The molecule has 1 aliphatic heterocycles. The van der Waals surface area contributed by atoms with Crippen LogP contribution < -0.4 is 10.2 Å². The summed E-state index contributed by atoms with van der Waals surface area (Å²) >= 11 is 0. The highest BCUT2D eigenvalue weighted by molar-refractivity contribution is 5.95. The Morgan fingerprint density at radius 2 is 1.73 bits per heavy atom. The lowest BCUT2D eigenvalue weighted by atomic mass is 9.92. The predicted molar refractivity (Wildman–Crippen MR) is 151 cm³/mol. The fourth-order valence-corrected chi connectivity index (χ4v) is 5.04. The minimum atomic E-state index is -0.531. The molecule has 3 aromatic rings. The topological polar surface area (TPSA) is 137 Å². The van der Waals surface area contributed by atoms with Gasteiger partial charge in [0.2, 0.25) is 0 Å². The summed E-state index contributed by atoms with van der Waals surface area (Å²) in [5, 5.41) is 31.2. The monoisotopic (exact) mass is 550 g/mol. The maximum absolute atomic E-state index is 12.4. The van der Waals surface area contributed by atoms with E-state index in [0.717, 1.165) is 42.6 Å². The van der Waals surface area contributed by atoms with E-state index >= 15 is 0 Å². The van der Waals surface area contributed by atoms with Crippen LogP contribution in [0, 0.1) is 12.8 Å². The van der Waals surface area contributed by atoms with Crippen LogP contribution in [-0.2, 0) is 22.5 Å². The van der Waals surface area contributed by atoms with Gasteiger partial charge in [-0.2, -0.15) is 0 Å². The summed E-state index contributed by atoms with van der Waals surface area (Å²) in [7, 11) is 1.59. The summed E-state index contributed by atoms with van der Waals surface area (Å²) in [6.07, 6.45) is 2.64. The van der Waals surface area contributed by atoms with Crippen molar-refractivity contribution in [1.29, 1.82) is 0 Å². The largest absolute Gasteiger partial charge is 0.504 e. The van der Waals surface area contributed by atoms with Crippen molar-refractivity contribution in [2.45, 2.75) is 38.7 Å². The van der Waals surface area contributed by atoms with Crippen LogP contribution in [0.25, 0.3) is 11.1 Å². The lowest BCUT2D eigenvalue weighted by Gasteiger charge is -2.33. The summed E-state index contributed by atoms with van der Waals surface area (Å²) in [6.45, 7) is 3.84. The zero-order valence-corrected chi connectivity index (χ0v) is 23.0. The molecule has 0 bridgehead atoms. The van der Waals surface area contributed by atoms with Gasteiger partial charge in [0, 0.05) is 45.3 Å². The number of benzene rings is 2. The third-order valence-electron chi connectivity index (χ3n) is 7.23. The third-order valence-corrected chi connectivity index (χ3v) is 7.23. The van der Waals surface area contributed by atoms with Gasteiger partial charge in [0.05, 0.1) is 25.0 Å². The van der Waals surface area contributed by atoms with Gasteiger partial charge in [0.15, 0.2) is 11.4 Å². The molecule has 10 nitrogen and oxygen atoms in total. The summed E-state index contributed by atoms with van der Waals surface area (Å²) in [4.78, 5) is 27.5. The molecule has 0 aliphatic carbocycles. The average molecular weight is 551 g/mol. The summed E-state index contributed by atoms with van der Waals surface area (Å²) in [6, 6.07) is 16.9. The Kier molecular flexibility index (Phi) is 10.4. The van der Waals surface area contributed by atoms with E-state index in [-0.39, 0.29) is 24.6 Å². The molecule has 2 heterocycles. The predicted octanol–water partition coefficient (Wildman–Crippen LogP) is 3.39. The van der Waals surface area contributed by atoms with Crippen LogP contribution in [0.3, 0.4) is 0 Å². The Hall–Kier alpha value is -3.57. The lowest BCUT2D eigenvalue weighted by Crippen LogP contribution is -2.34. The van der Waals surface area contributed by atoms with Crippen LogP contribution in [0.2, 0.25) is 0 Å². The average Bonchev–Trinajstić information content (AvgIpc) is 2.96. The van der Waals surface area contributed by atoms with Gasteiger partial charge in [-0.25, -0.2) is 14.9 Å². The number of anilines is 1. The molecule has 0 spiro atoms. The Labute approximate surface area is 234 Å². The Balaban J connectivity index is 1.31. The van der Waals surface area contributed by atoms with E-state index in [4.69, 9.17) is 9.99 Å². The van der Waals surface area contributed by atoms with Crippen LogP contribution in [0.15, 0.2) is 48.5 Å². The number of aromatic nitrogens is 2. The number of amides is 1. The molecule has 1 atom stereocenters. The molecule has 4 N–H and O–H groups in total. The molecule has 40 heavy (non-hydrogen) atoms. The number of rotatable bonds is 12. The number of nitrogens with one attached hydrogen (secondary N) is 1. The molecule has 214 valence electrons. The number of aryl methyl sites for hydroxylation is 1. The molecular weight excluding hydrogens is 512 g/mol. The van der Waals surface area contributed by atoms with Gasteiger partial charge in [-0.05, 0) is 54.5 Å². The minimum absolute atomic E-state index is 0.0563. The number of methoxy groups -OCH3 is 1. The van der Waals surface area contributed by atoms with E-state index < -0.39 is 12.0 Å². The molecule has 0 radical (unpaired) electrons. The first-order valence-electron chi connectivity index (χ1n) is 13.6. The van der Waals surface area contributed by atoms with E-state index in [1.165, 1.54) is 5.69 Å². The van der Waals surface area contributed by atoms with Crippen LogP contribution in [0.5, 0.6) is 5.75 Å². The van der Waals surface area contributed by atoms with Crippen molar-refractivity contribution < 1.29 is 29.9 Å². The second kappa shape index (κ2) is 14.2. The van der Waals surface area contributed by atoms with Crippen LogP contribution in [0.1, 0.15) is 40.4 Å². The van der Waals surface area contributed by atoms with Crippen molar-refractivity contribution >= 4 is 11.6 Å². The van der Waals surface area contributed by atoms with Crippen molar-refractivity contribution in [1.82, 2.24) is 15.3 Å². The van der Waals surface area contributed by atoms with Crippen molar-refractivity contribution in [3.05, 3.63) is 71.3 Å². The lowest BCUT2D eigenvalue weighted by molar-refractivity contribution is -0.240. The molecule has 1 saturated heterocycles. The van der Waals surface area contributed by atoms with E-state index in [2.05, 4.69) is 61.5 Å². The highest BCUT2D eigenvalue weighted by atomic mass is 17.1. The summed E-state index contributed by atoms with van der Waals surface area (Å²) < 4.78 is 5.01. The SMILES string of the molecule is COCC(O)Cc1ccc(-c2ccc(N3CCC(Cc4nc(C)c(O)c(C(=O)NCCOO)n4)CC3)cc2)cc1. The first-order chi connectivity index (χ1) is 19.4. The van der Waals surface area contributed by atoms with Crippen molar-refractivity contribution in [2.24, 2.45) is 5.92 Å². The molecule has 4 rings (SSSR count). The number of hydrogen-bond donors (Lipinski definition) is 4. The Morgan fingerprint density at radius 1 is 1.07 bits per heavy atom. The number of carbonyl (C=O) groups excluding carboxylic acids is 1. The van der Waals surface area contributed by atoms with Crippen molar-refractivity contribution in [2.75, 3.05) is 44.9 Å². The molecule has 1 unspecified atom stereocenters. The molecule has 0 saturated carbocycles. The Morgan fingerprint density at radius 3 is 2.35 bits per heavy atom. The molecule has 10 heteroatoms. The van der Waals surface area contributed by atoms with Gasteiger partial charge in [-0.15, -0.1) is 0 Å². The van der Waals surface area contributed by atoms with Gasteiger partial charge in [0.25, 0.3) is 5.91 Å². The summed E-state index contributed by atoms with van der Waals surface area (Å²) in [5.74, 6) is 0.151. The summed E-state index contributed by atoms with van der Waals surface area (Å²) in [5.41, 5.74) is 4.85. The third kappa shape index (κ3) is 7.76. The maximum atomic E-state index is 12.4. The first kappa shape index (κ1) is 29.4. The van der Waals surface area contributed by atoms with Crippen LogP contribution in [0.4, 0.5) is 5.69 Å². The maximum Gasteiger partial charge on any atom is 0.273 e. The number of aliphatic hydroxyl groups excluding tert-OH is 1. The quantitative estimate of drug-likeness (QED) is 0.152. The van der Waals surface area contributed by atoms with Crippen molar-refractivity contribution in [3.63, 3.8) is 0 Å². The number of nitrogens with zero attached hydrogens (tertiary/aromatic N) is 3. The number of piperidine rings is 1. The van der Waals surface area contributed by atoms with Gasteiger partial charge >= 0.3 is 0 Å². The smallest absolute Gasteiger partial charge is 0.273 e. The normalized spacial score (nSPS) is 14.8. The van der Waals surface area contributed by atoms with Crippen LogP contribution >= 0.6 is 0 Å². The van der Waals surface area contributed by atoms with Gasteiger partial charge < -0.3 is 25.2 Å². The van der Waals surface area contributed by atoms with Crippen molar-refractivity contribution in [3.8, 4) is 16.9 Å². The zero-order valence-electron chi connectivity index (χ0n) is 23.0. The highest BCUT2D eigenvalue weighted by Gasteiger charge is 2.23. The molecule has 1 fully saturated rings. The number of aliphatic hydroxyl groups is 1. The van der Waals surface area contributed by atoms with Gasteiger partial charge in [-0.3, -0.25) is 10.1 Å². The van der Waals surface area contributed by atoms with E-state index in [0.29, 0.717) is 36.9 Å². The second-order valence-corrected chi connectivity index (χ2v) is 10.2. The number of carbonyl (C=O) groups is 1. The number of hydrogen-bond acceptors (Lipinski definition) is 9. The first-order valence-corrected chi connectivity index (χ1v) is 13.6. The van der Waals surface area contributed by atoms with E-state index in [1.807, 2.05) is 12.1 Å². The molecule has 1 aromatic heterocycles. The van der Waals surface area contributed by atoms with E-state index in [1.54, 1.807) is 14.0 Å². The fourth-order valence-electron chi connectivity index (χ4n) is 5.04. The number of ether oxygens (including phenoxy) is 1. The van der Waals surface area contributed by atoms with Gasteiger partial charge in [-0.1, -0.05) is 36.4 Å². The highest BCUT2D eigenvalue weighted by Crippen LogP contribution is 2.29. The number of aromatic hydroxyl groups is 1. The second-order valence-electron chi connectivity index (χ2n) is 10.2. The van der Waals surface area contributed by atoms with Gasteiger partial charge in [0.1, 0.15) is 5.82 Å². The van der Waals surface area contributed by atoms with Crippen LogP contribution in [-0.4, -0.2) is 77.4 Å². The molecule has 2 aromatic carbocycles. The molecule has 1 aliphatic rings. The van der Waals surface area contributed by atoms with E-state index in [9.17, 15) is 15.0 Å². The molecular formula is C30H38N4O6. The Bertz CT molecular complexity index is 1240.